The number of hydrogen-bond donors (Lipinski definition) is 4. The van der Waals surface area contributed by atoms with Gasteiger partial charge in [-0.15, -0.1) is 0 Å². The van der Waals surface area contributed by atoms with Crippen molar-refractivity contribution in [3.63, 3.8) is 0 Å². The number of nitrogens with one attached hydrogen (secondary N) is 3. The molecule has 11 nitrogen and oxygen atoms in total. The molecule has 3 amide bonds. The van der Waals surface area contributed by atoms with Crippen molar-refractivity contribution >= 4 is 35.0 Å². The molecular weight excluding hydrogens is 496 g/mol. The standard InChI is InChI=1S/C28H42N8O3/c1-8-22-27(36(7)18(2)3)34-26(24(33-22)25(29)38)32-21-12-9-11-20(17-21)14-15-30-28(39)19(4)31-23(37)13-10-16-35(5)6/h9-13,17-19H,8,14-16H2,1-7H3,(H2,29,38)(H,30,39)(H,31,37)(H,32,34)/b13-10+/t19-/m0/s1. The number of carbonyl (C=O) groups is 3. The van der Waals surface area contributed by atoms with Gasteiger partial charge in [-0.1, -0.05) is 25.1 Å². The summed E-state index contributed by atoms with van der Waals surface area (Å²) in [5, 5.41) is 8.71. The maximum atomic E-state index is 12.4. The summed E-state index contributed by atoms with van der Waals surface area (Å²) >= 11 is 0. The summed E-state index contributed by atoms with van der Waals surface area (Å²) in [6, 6.07) is 7.11. The predicted molar refractivity (Wildman–Crippen MR) is 155 cm³/mol. The molecule has 2 aromatic rings. The van der Waals surface area contributed by atoms with Gasteiger partial charge in [0.05, 0.1) is 5.69 Å². The van der Waals surface area contributed by atoms with E-state index in [2.05, 4.69) is 34.8 Å². The van der Waals surface area contributed by atoms with Crippen LogP contribution < -0.4 is 26.6 Å². The Morgan fingerprint density at radius 3 is 2.44 bits per heavy atom. The van der Waals surface area contributed by atoms with Crippen molar-refractivity contribution in [3.8, 4) is 0 Å². The van der Waals surface area contributed by atoms with Gasteiger partial charge in [-0.25, -0.2) is 9.97 Å². The minimum absolute atomic E-state index is 0.0815. The van der Waals surface area contributed by atoms with Crippen LogP contribution in [0, 0.1) is 0 Å². The highest BCUT2D eigenvalue weighted by Crippen LogP contribution is 2.25. The molecule has 0 spiro atoms. The number of benzene rings is 1. The molecule has 5 N–H and O–H groups in total. The maximum absolute atomic E-state index is 12.4. The Kier molecular flexibility index (Phi) is 11.9. The van der Waals surface area contributed by atoms with E-state index in [9.17, 15) is 14.4 Å². The molecule has 39 heavy (non-hydrogen) atoms. The molecule has 0 saturated carbocycles. The molecule has 0 saturated heterocycles. The van der Waals surface area contributed by atoms with E-state index in [4.69, 9.17) is 10.7 Å². The van der Waals surface area contributed by atoms with E-state index < -0.39 is 11.9 Å². The zero-order valence-corrected chi connectivity index (χ0v) is 24.0. The Morgan fingerprint density at radius 2 is 1.82 bits per heavy atom. The van der Waals surface area contributed by atoms with E-state index in [0.717, 1.165) is 5.56 Å². The van der Waals surface area contributed by atoms with E-state index in [-0.39, 0.29) is 29.4 Å². The fraction of sp³-hybridized carbons (Fsp3) is 0.464. The first kappa shape index (κ1) is 31.2. The second-order valence-electron chi connectivity index (χ2n) is 9.87. The van der Waals surface area contributed by atoms with Gasteiger partial charge in [-0.2, -0.15) is 0 Å². The number of hydrogen-bond acceptors (Lipinski definition) is 8. The number of rotatable bonds is 14. The monoisotopic (exact) mass is 538 g/mol. The smallest absolute Gasteiger partial charge is 0.271 e. The van der Waals surface area contributed by atoms with Crippen LogP contribution in [-0.4, -0.2) is 78.9 Å². The molecule has 0 radical (unpaired) electrons. The van der Waals surface area contributed by atoms with E-state index in [1.54, 1.807) is 13.0 Å². The first-order valence-electron chi connectivity index (χ1n) is 13.1. The summed E-state index contributed by atoms with van der Waals surface area (Å²) < 4.78 is 0. The number of nitrogens with zero attached hydrogens (tertiary/aromatic N) is 4. The second-order valence-corrected chi connectivity index (χ2v) is 9.87. The number of carbonyl (C=O) groups excluding carboxylic acids is 3. The van der Waals surface area contributed by atoms with Gasteiger partial charge in [0.15, 0.2) is 17.3 Å². The minimum atomic E-state index is -0.662. The molecule has 0 unspecified atom stereocenters. The summed E-state index contributed by atoms with van der Waals surface area (Å²) in [4.78, 5) is 49.7. The summed E-state index contributed by atoms with van der Waals surface area (Å²) in [6.45, 7) is 8.73. The van der Waals surface area contributed by atoms with Gasteiger partial charge in [0.2, 0.25) is 11.8 Å². The quantitative estimate of drug-likeness (QED) is 0.267. The molecule has 1 aromatic heterocycles. The summed E-state index contributed by atoms with van der Waals surface area (Å²) in [6.07, 6.45) is 4.34. The topological polar surface area (TPSA) is 146 Å². The van der Waals surface area contributed by atoms with Gasteiger partial charge >= 0.3 is 0 Å². The number of aryl methyl sites for hydroxylation is 1. The molecule has 0 aliphatic rings. The van der Waals surface area contributed by atoms with E-state index in [1.807, 2.05) is 62.1 Å². The lowest BCUT2D eigenvalue weighted by Gasteiger charge is -2.25. The third-order valence-corrected chi connectivity index (χ3v) is 6.02. The van der Waals surface area contributed by atoms with Crippen molar-refractivity contribution in [2.24, 2.45) is 5.73 Å². The number of primary amides is 1. The van der Waals surface area contributed by atoms with Crippen molar-refractivity contribution in [2.45, 2.75) is 52.6 Å². The average Bonchev–Trinajstić information content (AvgIpc) is 2.87. The van der Waals surface area contributed by atoms with Crippen molar-refractivity contribution in [1.82, 2.24) is 25.5 Å². The van der Waals surface area contributed by atoms with Gasteiger partial charge in [0.1, 0.15) is 6.04 Å². The number of nitrogens with two attached hydrogens (primary N) is 1. The van der Waals surface area contributed by atoms with Gasteiger partial charge in [0.25, 0.3) is 5.91 Å². The molecule has 1 aromatic carbocycles. The summed E-state index contributed by atoms with van der Waals surface area (Å²) in [5.41, 5.74) is 8.08. The average molecular weight is 539 g/mol. The predicted octanol–water partition coefficient (Wildman–Crippen LogP) is 2.01. The number of aromatic nitrogens is 2. The first-order valence-corrected chi connectivity index (χ1v) is 13.1. The van der Waals surface area contributed by atoms with Crippen molar-refractivity contribution < 1.29 is 14.4 Å². The van der Waals surface area contributed by atoms with E-state index in [0.29, 0.717) is 43.1 Å². The third kappa shape index (κ3) is 9.68. The molecule has 212 valence electrons. The van der Waals surface area contributed by atoms with Gasteiger partial charge in [-0.3, -0.25) is 14.4 Å². The maximum Gasteiger partial charge on any atom is 0.271 e. The number of anilines is 3. The molecule has 2 rings (SSSR count). The Bertz CT molecular complexity index is 1180. The number of amides is 3. The van der Waals surface area contributed by atoms with Crippen LogP contribution in [-0.2, 0) is 22.4 Å². The highest BCUT2D eigenvalue weighted by Gasteiger charge is 2.20. The molecule has 0 fully saturated rings. The zero-order chi connectivity index (χ0) is 29.1. The third-order valence-electron chi connectivity index (χ3n) is 6.02. The second kappa shape index (κ2) is 14.8. The van der Waals surface area contributed by atoms with Crippen LogP contribution in [0.5, 0.6) is 0 Å². The summed E-state index contributed by atoms with van der Waals surface area (Å²) in [5.74, 6) is -0.263. The normalized spacial score (nSPS) is 12.0. The Morgan fingerprint density at radius 1 is 1.10 bits per heavy atom. The molecular formula is C28H42N8O3. The van der Waals surface area contributed by atoms with Crippen LogP contribution in [0.25, 0.3) is 0 Å². The van der Waals surface area contributed by atoms with Crippen LogP contribution in [0.1, 0.15) is 49.4 Å². The SMILES string of the molecule is CCc1nc(C(N)=O)c(Nc2cccc(CCNC(=O)[C@H](C)NC(=O)/C=C/CN(C)C)c2)nc1N(C)C(C)C. The summed E-state index contributed by atoms with van der Waals surface area (Å²) in [7, 11) is 5.75. The van der Waals surface area contributed by atoms with Gasteiger partial charge in [0, 0.05) is 37.9 Å². The molecule has 0 aliphatic carbocycles. The van der Waals surface area contributed by atoms with Crippen molar-refractivity contribution in [2.75, 3.05) is 44.4 Å². The minimum Gasteiger partial charge on any atom is -0.364 e. The fourth-order valence-electron chi connectivity index (χ4n) is 3.61. The lowest BCUT2D eigenvalue weighted by atomic mass is 10.1. The van der Waals surface area contributed by atoms with Gasteiger partial charge in [-0.05, 0) is 65.4 Å². The molecule has 11 heteroatoms. The largest absolute Gasteiger partial charge is 0.364 e. The lowest BCUT2D eigenvalue weighted by Crippen LogP contribution is -2.44. The highest BCUT2D eigenvalue weighted by atomic mass is 16.2. The molecule has 1 atom stereocenters. The lowest BCUT2D eigenvalue weighted by molar-refractivity contribution is -0.126. The van der Waals surface area contributed by atoms with Gasteiger partial charge < -0.3 is 31.5 Å². The molecule has 0 aliphatic heterocycles. The van der Waals surface area contributed by atoms with Crippen molar-refractivity contribution in [1.29, 1.82) is 0 Å². The Balaban J connectivity index is 2.06. The van der Waals surface area contributed by atoms with Crippen LogP contribution in [0.2, 0.25) is 0 Å². The van der Waals surface area contributed by atoms with Crippen molar-refractivity contribution in [3.05, 3.63) is 53.4 Å². The molecule has 1 heterocycles. The first-order chi connectivity index (χ1) is 18.4. The van der Waals surface area contributed by atoms with Crippen LogP contribution in [0.15, 0.2) is 36.4 Å². The Labute approximate surface area is 231 Å². The van der Waals surface area contributed by atoms with Crippen LogP contribution in [0.3, 0.4) is 0 Å². The Hall–Kier alpha value is -3.99. The van der Waals surface area contributed by atoms with Crippen LogP contribution in [0.4, 0.5) is 17.3 Å². The molecule has 0 bridgehead atoms. The fourth-order valence-corrected chi connectivity index (χ4v) is 3.61. The zero-order valence-electron chi connectivity index (χ0n) is 24.0. The highest BCUT2D eigenvalue weighted by molar-refractivity contribution is 5.96. The van der Waals surface area contributed by atoms with E-state index >= 15 is 0 Å². The van der Waals surface area contributed by atoms with E-state index in [1.165, 1.54) is 6.08 Å². The van der Waals surface area contributed by atoms with Crippen LogP contribution >= 0.6 is 0 Å². The number of likely N-dealkylation sites (N-methyl/N-ethyl adjacent to an activating group) is 1.